The first-order valence-corrected chi connectivity index (χ1v) is 11.8. The highest BCUT2D eigenvalue weighted by Crippen LogP contribution is 2.13. The predicted molar refractivity (Wildman–Crippen MR) is 112 cm³/mol. The van der Waals surface area contributed by atoms with Crippen molar-refractivity contribution in [2.45, 2.75) is 12.3 Å². The lowest BCUT2D eigenvalue weighted by atomic mass is 10.2. The van der Waals surface area contributed by atoms with E-state index in [0.29, 0.717) is 32.7 Å². The van der Waals surface area contributed by atoms with Gasteiger partial charge in [-0.2, -0.15) is 4.31 Å². The quantitative estimate of drug-likeness (QED) is 0.680. The number of carbonyl (C=O) groups is 2. The van der Waals surface area contributed by atoms with Crippen LogP contribution in [0.2, 0.25) is 0 Å². The number of nitrogens with one attached hydrogen (secondary N) is 2. The highest BCUT2D eigenvalue weighted by Gasteiger charge is 2.28. The summed E-state index contributed by atoms with van der Waals surface area (Å²) < 4.78 is 26.6. The maximum absolute atomic E-state index is 12.6. The summed E-state index contributed by atoms with van der Waals surface area (Å²) >= 11 is 1.53. The van der Waals surface area contributed by atoms with Crippen LogP contribution in [0.4, 0.5) is 4.79 Å². The van der Waals surface area contributed by atoms with E-state index < -0.39 is 22.0 Å². The van der Waals surface area contributed by atoms with Crippen LogP contribution < -0.4 is 10.6 Å². The molecule has 1 aliphatic heterocycles. The first kappa shape index (κ1) is 21.4. The van der Waals surface area contributed by atoms with Crippen molar-refractivity contribution in [3.8, 4) is 0 Å². The lowest BCUT2D eigenvalue weighted by Gasteiger charge is -2.33. The monoisotopic (exact) mass is 436 g/mol. The van der Waals surface area contributed by atoms with Crippen LogP contribution in [0.3, 0.4) is 0 Å². The summed E-state index contributed by atoms with van der Waals surface area (Å²) in [6.45, 7) is 1.96. The fourth-order valence-electron chi connectivity index (χ4n) is 3.04. The van der Waals surface area contributed by atoms with Gasteiger partial charge >= 0.3 is 6.03 Å². The van der Waals surface area contributed by atoms with Gasteiger partial charge < -0.3 is 5.32 Å². The summed E-state index contributed by atoms with van der Waals surface area (Å²) in [6.07, 6.45) is 0. The van der Waals surface area contributed by atoms with Gasteiger partial charge in [0.1, 0.15) is 0 Å². The SMILES string of the molecule is O=C(CN1CCN(S(=O)(=O)Cc2ccccc2)CC1)NC(=O)NCc1cccs1. The highest BCUT2D eigenvalue weighted by molar-refractivity contribution is 7.88. The molecular weight excluding hydrogens is 412 g/mol. The Morgan fingerprint density at radius 3 is 2.38 bits per heavy atom. The molecule has 0 spiro atoms. The summed E-state index contributed by atoms with van der Waals surface area (Å²) in [6, 6.07) is 12.3. The van der Waals surface area contributed by atoms with Crippen LogP contribution in [0.1, 0.15) is 10.4 Å². The number of hydrogen-bond acceptors (Lipinski definition) is 6. The van der Waals surface area contributed by atoms with Gasteiger partial charge in [0.2, 0.25) is 15.9 Å². The Kier molecular flexibility index (Phi) is 7.37. The molecule has 29 heavy (non-hydrogen) atoms. The first-order chi connectivity index (χ1) is 13.9. The predicted octanol–water partition coefficient (Wildman–Crippen LogP) is 1.22. The van der Waals surface area contributed by atoms with Crippen LogP contribution in [-0.2, 0) is 27.1 Å². The number of amides is 3. The van der Waals surface area contributed by atoms with Crippen LogP contribution >= 0.6 is 11.3 Å². The fraction of sp³-hybridized carbons (Fsp3) is 0.368. The molecule has 1 aromatic carbocycles. The average Bonchev–Trinajstić information content (AvgIpc) is 3.21. The number of rotatable bonds is 7. The molecule has 0 saturated carbocycles. The topological polar surface area (TPSA) is 98.8 Å². The van der Waals surface area contributed by atoms with Gasteiger partial charge in [0.15, 0.2) is 0 Å². The molecule has 0 radical (unpaired) electrons. The van der Waals surface area contributed by atoms with Crippen LogP contribution in [0, 0.1) is 0 Å². The second-order valence-electron chi connectivity index (χ2n) is 6.73. The number of nitrogens with zero attached hydrogens (tertiary/aromatic N) is 2. The number of benzene rings is 1. The molecule has 2 N–H and O–H groups in total. The van der Waals surface area contributed by atoms with E-state index in [9.17, 15) is 18.0 Å². The molecule has 0 bridgehead atoms. The molecule has 156 valence electrons. The van der Waals surface area contributed by atoms with E-state index in [2.05, 4.69) is 10.6 Å². The molecule has 2 heterocycles. The molecule has 0 unspecified atom stereocenters. The third-order valence-corrected chi connectivity index (χ3v) is 7.27. The number of thiophene rings is 1. The molecule has 1 aliphatic rings. The summed E-state index contributed by atoms with van der Waals surface area (Å²) in [5.74, 6) is -0.437. The lowest BCUT2D eigenvalue weighted by Crippen LogP contribution is -2.52. The van der Waals surface area contributed by atoms with Crippen LogP contribution in [0.15, 0.2) is 47.8 Å². The van der Waals surface area contributed by atoms with Crippen LogP contribution in [-0.4, -0.2) is 62.3 Å². The van der Waals surface area contributed by atoms with E-state index in [4.69, 9.17) is 0 Å². The van der Waals surface area contributed by atoms with E-state index in [1.54, 1.807) is 12.1 Å². The molecular formula is C19H24N4O4S2. The third kappa shape index (κ3) is 6.64. The molecule has 0 aliphatic carbocycles. The minimum absolute atomic E-state index is 0.0290. The zero-order valence-electron chi connectivity index (χ0n) is 15.9. The van der Waals surface area contributed by atoms with Crippen molar-refractivity contribution in [1.82, 2.24) is 19.8 Å². The summed E-state index contributed by atoms with van der Waals surface area (Å²) in [7, 11) is -3.39. The van der Waals surface area contributed by atoms with E-state index in [0.717, 1.165) is 10.4 Å². The second kappa shape index (κ2) is 9.97. The number of imide groups is 1. The van der Waals surface area contributed by atoms with Crippen LogP contribution in [0.5, 0.6) is 0 Å². The number of hydrogen-bond donors (Lipinski definition) is 2. The van der Waals surface area contributed by atoms with Crippen molar-refractivity contribution < 1.29 is 18.0 Å². The third-order valence-electron chi connectivity index (χ3n) is 4.54. The largest absolute Gasteiger partial charge is 0.333 e. The molecule has 1 saturated heterocycles. The average molecular weight is 437 g/mol. The maximum atomic E-state index is 12.6. The Hall–Kier alpha value is -2.27. The van der Waals surface area contributed by atoms with Gasteiger partial charge in [0.05, 0.1) is 18.8 Å². The van der Waals surface area contributed by atoms with E-state index in [1.807, 2.05) is 40.6 Å². The van der Waals surface area contributed by atoms with Gasteiger partial charge in [-0.1, -0.05) is 36.4 Å². The van der Waals surface area contributed by atoms with Crippen molar-refractivity contribution in [3.63, 3.8) is 0 Å². The summed E-state index contributed by atoms with van der Waals surface area (Å²) in [5.41, 5.74) is 0.753. The Morgan fingerprint density at radius 2 is 1.72 bits per heavy atom. The second-order valence-corrected chi connectivity index (χ2v) is 9.73. The lowest BCUT2D eigenvalue weighted by molar-refractivity contribution is -0.121. The number of piperazine rings is 1. The van der Waals surface area contributed by atoms with Gasteiger partial charge in [-0.25, -0.2) is 13.2 Å². The Bertz CT molecular complexity index is 909. The molecule has 3 rings (SSSR count). The fourth-order valence-corrected chi connectivity index (χ4v) is 5.20. The molecule has 1 fully saturated rings. The Morgan fingerprint density at radius 1 is 1.00 bits per heavy atom. The van der Waals surface area contributed by atoms with Crippen molar-refractivity contribution in [1.29, 1.82) is 0 Å². The standard InChI is InChI=1S/C19H24N4O4S2/c24-18(21-19(25)20-13-17-7-4-12-28-17)14-22-8-10-23(11-9-22)29(26,27)15-16-5-2-1-3-6-16/h1-7,12H,8-11,13-15H2,(H2,20,21,24,25). The van der Waals surface area contributed by atoms with Crippen molar-refractivity contribution in [3.05, 3.63) is 58.3 Å². The normalized spacial score (nSPS) is 15.7. The van der Waals surface area contributed by atoms with Crippen molar-refractivity contribution >= 4 is 33.3 Å². The van der Waals surface area contributed by atoms with E-state index in [-0.39, 0.29) is 12.3 Å². The minimum Gasteiger partial charge on any atom is -0.333 e. The first-order valence-electron chi connectivity index (χ1n) is 9.26. The number of urea groups is 1. The Labute approximate surface area is 174 Å². The number of carbonyl (C=O) groups excluding carboxylic acids is 2. The van der Waals surface area contributed by atoms with Crippen LogP contribution in [0.25, 0.3) is 0 Å². The van der Waals surface area contributed by atoms with Gasteiger partial charge in [0.25, 0.3) is 0 Å². The highest BCUT2D eigenvalue weighted by atomic mass is 32.2. The molecule has 8 nitrogen and oxygen atoms in total. The summed E-state index contributed by atoms with van der Waals surface area (Å²) in [4.78, 5) is 26.7. The Balaban J connectivity index is 1.39. The van der Waals surface area contributed by atoms with Crippen molar-refractivity contribution in [2.75, 3.05) is 32.7 Å². The zero-order chi connectivity index (χ0) is 20.7. The van der Waals surface area contributed by atoms with E-state index in [1.165, 1.54) is 15.6 Å². The summed E-state index contributed by atoms with van der Waals surface area (Å²) in [5, 5.41) is 6.86. The van der Waals surface area contributed by atoms with Crippen molar-refractivity contribution in [2.24, 2.45) is 0 Å². The molecule has 3 amide bonds. The van der Waals surface area contributed by atoms with Gasteiger partial charge in [-0.3, -0.25) is 15.0 Å². The van der Waals surface area contributed by atoms with Gasteiger partial charge in [-0.05, 0) is 17.0 Å². The molecule has 1 aromatic heterocycles. The molecule has 0 atom stereocenters. The molecule has 10 heteroatoms. The van der Waals surface area contributed by atoms with Gasteiger partial charge in [-0.15, -0.1) is 11.3 Å². The molecule has 2 aromatic rings. The zero-order valence-corrected chi connectivity index (χ0v) is 17.5. The smallest absolute Gasteiger partial charge is 0.321 e. The maximum Gasteiger partial charge on any atom is 0.321 e. The van der Waals surface area contributed by atoms with Gasteiger partial charge in [0, 0.05) is 31.1 Å². The minimum atomic E-state index is -3.39. The number of sulfonamides is 1. The van der Waals surface area contributed by atoms with E-state index >= 15 is 0 Å².